The molecule has 5 nitrogen and oxygen atoms in total. The summed E-state index contributed by atoms with van der Waals surface area (Å²) >= 11 is 11.9. The molecule has 1 heterocycles. The molecule has 126 valence electrons. The summed E-state index contributed by atoms with van der Waals surface area (Å²) in [5.74, 6) is -1.19. The van der Waals surface area contributed by atoms with Crippen molar-refractivity contribution in [1.29, 1.82) is 0 Å². The van der Waals surface area contributed by atoms with Gasteiger partial charge in [-0.25, -0.2) is 4.79 Å². The van der Waals surface area contributed by atoms with E-state index in [1.54, 1.807) is 19.9 Å². The lowest BCUT2D eigenvalue weighted by molar-refractivity contribution is 0.0524. The minimum absolute atomic E-state index is 0.125. The maximum Gasteiger partial charge on any atom is 0.343 e. The fourth-order valence-electron chi connectivity index (χ4n) is 2.23. The molecule has 2 aromatic rings. The van der Waals surface area contributed by atoms with Gasteiger partial charge in [0, 0.05) is 21.8 Å². The smallest absolute Gasteiger partial charge is 0.343 e. The summed E-state index contributed by atoms with van der Waals surface area (Å²) in [6.07, 6.45) is 0.407. The number of H-pyrrole nitrogens is 1. The number of nitrogens with one attached hydrogen (secondary N) is 1. The van der Waals surface area contributed by atoms with Crippen LogP contribution in [0, 0.1) is 0 Å². The van der Waals surface area contributed by atoms with Crippen LogP contribution in [0.25, 0.3) is 0 Å². The average molecular weight is 368 g/mol. The number of pyridine rings is 1. The fraction of sp³-hybridized carbons (Fsp3) is 0.235. The van der Waals surface area contributed by atoms with Crippen molar-refractivity contribution in [1.82, 2.24) is 4.98 Å². The molecule has 0 saturated carbocycles. The van der Waals surface area contributed by atoms with Crippen molar-refractivity contribution in [2.24, 2.45) is 0 Å². The van der Waals surface area contributed by atoms with Gasteiger partial charge in [-0.3, -0.25) is 9.59 Å². The maximum absolute atomic E-state index is 12.8. The molecule has 0 saturated heterocycles. The molecule has 0 atom stereocenters. The summed E-state index contributed by atoms with van der Waals surface area (Å²) in [5.41, 5.74) is 0.0394. The van der Waals surface area contributed by atoms with Crippen molar-refractivity contribution >= 4 is 35.0 Å². The van der Waals surface area contributed by atoms with Crippen molar-refractivity contribution in [3.05, 3.63) is 67.0 Å². The van der Waals surface area contributed by atoms with Gasteiger partial charge in [0.2, 0.25) is 0 Å². The molecule has 0 bridgehead atoms. The first-order valence-electron chi connectivity index (χ1n) is 7.32. The Balaban J connectivity index is 2.59. The SMILES string of the molecule is CCOC(=O)c1cc(C(=O)c2ccc(Cl)cc2Cl)c(CC)[nH]c1=O. The van der Waals surface area contributed by atoms with Gasteiger partial charge in [-0.15, -0.1) is 0 Å². The van der Waals surface area contributed by atoms with Crippen LogP contribution in [0.1, 0.15) is 45.8 Å². The van der Waals surface area contributed by atoms with Crippen molar-refractivity contribution in [2.75, 3.05) is 6.61 Å². The van der Waals surface area contributed by atoms with Gasteiger partial charge in [-0.1, -0.05) is 30.1 Å². The maximum atomic E-state index is 12.8. The zero-order valence-corrected chi connectivity index (χ0v) is 14.6. The molecule has 0 aliphatic rings. The Morgan fingerprint density at radius 1 is 1.08 bits per heavy atom. The molecular formula is C17H15Cl2NO4. The predicted molar refractivity (Wildman–Crippen MR) is 92.3 cm³/mol. The third kappa shape index (κ3) is 3.68. The number of carbonyl (C=O) groups is 2. The van der Waals surface area contributed by atoms with Crippen molar-refractivity contribution in [2.45, 2.75) is 20.3 Å². The van der Waals surface area contributed by atoms with Gasteiger partial charge in [0.15, 0.2) is 5.78 Å². The minimum atomic E-state index is -0.780. The van der Waals surface area contributed by atoms with Gasteiger partial charge in [0.1, 0.15) is 5.56 Å². The average Bonchev–Trinajstić information content (AvgIpc) is 2.54. The Labute approximate surface area is 148 Å². The molecule has 0 unspecified atom stereocenters. The predicted octanol–water partition coefficient (Wildman–Crippen LogP) is 3.65. The Morgan fingerprint density at radius 2 is 1.79 bits per heavy atom. The number of halogens is 2. The molecule has 2 rings (SSSR count). The number of aryl methyl sites for hydroxylation is 1. The molecule has 0 fully saturated rings. The van der Waals surface area contributed by atoms with Gasteiger partial charge in [-0.05, 0) is 37.6 Å². The molecule has 0 aliphatic heterocycles. The molecule has 7 heteroatoms. The van der Waals surface area contributed by atoms with Gasteiger partial charge in [0.05, 0.1) is 11.6 Å². The number of hydrogen-bond acceptors (Lipinski definition) is 4. The number of aromatic nitrogens is 1. The van der Waals surface area contributed by atoms with Crippen LogP contribution < -0.4 is 5.56 Å². The van der Waals surface area contributed by atoms with E-state index in [1.165, 1.54) is 18.2 Å². The van der Waals surface area contributed by atoms with E-state index in [9.17, 15) is 14.4 Å². The lowest BCUT2D eigenvalue weighted by Gasteiger charge is -2.10. The van der Waals surface area contributed by atoms with Gasteiger partial charge < -0.3 is 9.72 Å². The second kappa shape index (κ2) is 7.64. The molecule has 0 aliphatic carbocycles. The van der Waals surface area contributed by atoms with Crippen LogP contribution in [0.5, 0.6) is 0 Å². The first-order valence-corrected chi connectivity index (χ1v) is 8.07. The Hall–Kier alpha value is -2.11. The molecule has 0 radical (unpaired) electrons. The van der Waals surface area contributed by atoms with E-state index >= 15 is 0 Å². The van der Waals surface area contributed by atoms with Crippen molar-refractivity contribution < 1.29 is 14.3 Å². The Kier molecular flexibility index (Phi) is 5.80. The minimum Gasteiger partial charge on any atom is -0.462 e. The standard InChI is InChI=1S/C17H15Cl2NO4/c1-3-14-11(8-12(16(22)20-14)17(23)24-4-2)15(21)10-6-5-9(18)7-13(10)19/h5-8H,3-4H2,1-2H3,(H,20,22). The van der Waals surface area contributed by atoms with E-state index in [2.05, 4.69) is 4.98 Å². The Morgan fingerprint density at radius 3 is 2.38 bits per heavy atom. The number of esters is 1. The van der Waals surface area contributed by atoms with Gasteiger partial charge in [0.25, 0.3) is 5.56 Å². The third-order valence-electron chi connectivity index (χ3n) is 3.39. The molecule has 1 N–H and O–H groups in total. The molecule has 1 aromatic heterocycles. The number of benzene rings is 1. The second-order valence-electron chi connectivity index (χ2n) is 4.93. The third-order valence-corrected chi connectivity index (χ3v) is 3.94. The fourth-order valence-corrected chi connectivity index (χ4v) is 2.72. The van der Waals surface area contributed by atoms with Crippen molar-refractivity contribution in [3.8, 4) is 0 Å². The highest BCUT2D eigenvalue weighted by Crippen LogP contribution is 2.24. The van der Waals surface area contributed by atoms with Crippen LogP contribution in [-0.4, -0.2) is 23.3 Å². The molecule has 0 amide bonds. The van der Waals surface area contributed by atoms with Gasteiger partial charge in [-0.2, -0.15) is 0 Å². The highest BCUT2D eigenvalue weighted by Gasteiger charge is 2.21. The number of rotatable bonds is 5. The summed E-state index contributed by atoms with van der Waals surface area (Å²) in [4.78, 5) is 39.3. The lowest BCUT2D eigenvalue weighted by Crippen LogP contribution is -2.23. The summed E-state index contributed by atoms with van der Waals surface area (Å²) in [5, 5.41) is 0.597. The van der Waals surface area contributed by atoms with Crippen LogP contribution in [-0.2, 0) is 11.2 Å². The van der Waals surface area contributed by atoms with E-state index in [0.717, 1.165) is 0 Å². The van der Waals surface area contributed by atoms with Crippen LogP contribution in [0.2, 0.25) is 10.0 Å². The number of carbonyl (C=O) groups excluding carboxylic acids is 2. The van der Waals surface area contributed by atoms with Crippen LogP contribution in [0.4, 0.5) is 0 Å². The lowest BCUT2D eigenvalue weighted by atomic mass is 9.99. The summed E-state index contributed by atoms with van der Waals surface area (Å²) in [6.45, 7) is 3.54. The van der Waals surface area contributed by atoms with Crippen LogP contribution >= 0.6 is 23.2 Å². The van der Waals surface area contributed by atoms with E-state index in [1.807, 2.05) is 0 Å². The topological polar surface area (TPSA) is 76.2 Å². The van der Waals surface area contributed by atoms with Gasteiger partial charge >= 0.3 is 5.97 Å². The normalized spacial score (nSPS) is 10.5. The number of ether oxygens (including phenoxy) is 1. The molecule has 0 spiro atoms. The summed E-state index contributed by atoms with van der Waals surface area (Å²) < 4.78 is 4.85. The van der Waals surface area contributed by atoms with Crippen LogP contribution in [0.3, 0.4) is 0 Å². The number of aromatic amines is 1. The first kappa shape index (κ1) is 18.2. The highest BCUT2D eigenvalue weighted by atomic mass is 35.5. The zero-order chi connectivity index (χ0) is 17.9. The molecule has 1 aromatic carbocycles. The van der Waals surface area contributed by atoms with E-state index in [4.69, 9.17) is 27.9 Å². The number of hydrogen-bond donors (Lipinski definition) is 1. The van der Waals surface area contributed by atoms with Crippen LogP contribution in [0.15, 0.2) is 29.1 Å². The molecular weight excluding hydrogens is 353 g/mol. The quantitative estimate of drug-likeness (QED) is 0.646. The highest BCUT2D eigenvalue weighted by molar-refractivity contribution is 6.37. The Bertz CT molecular complexity index is 858. The summed E-state index contributed by atoms with van der Waals surface area (Å²) in [6, 6.07) is 5.76. The monoisotopic (exact) mass is 367 g/mol. The number of ketones is 1. The second-order valence-corrected chi connectivity index (χ2v) is 5.78. The largest absolute Gasteiger partial charge is 0.462 e. The first-order chi connectivity index (χ1) is 11.4. The van der Waals surface area contributed by atoms with E-state index < -0.39 is 17.3 Å². The zero-order valence-electron chi connectivity index (χ0n) is 13.1. The van der Waals surface area contributed by atoms with E-state index in [-0.39, 0.29) is 28.3 Å². The van der Waals surface area contributed by atoms with E-state index in [0.29, 0.717) is 17.1 Å². The summed E-state index contributed by atoms with van der Waals surface area (Å²) in [7, 11) is 0. The molecule has 24 heavy (non-hydrogen) atoms. The van der Waals surface area contributed by atoms with Crippen molar-refractivity contribution in [3.63, 3.8) is 0 Å².